The van der Waals surface area contributed by atoms with E-state index in [-0.39, 0.29) is 18.2 Å². The Morgan fingerprint density at radius 3 is 2.68 bits per heavy atom. The zero-order chi connectivity index (χ0) is 18.2. The first-order chi connectivity index (χ1) is 12.0. The topological polar surface area (TPSA) is 61.4 Å². The van der Waals surface area contributed by atoms with Crippen LogP contribution in [0.4, 0.5) is 4.79 Å². The van der Waals surface area contributed by atoms with Gasteiger partial charge in [-0.15, -0.1) is 0 Å². The second-order valence-electron chi connectivity index (χ2n) is 5.51. The molecule has 1 fully saturated rings. The third-order valence-electron chi connectivity index (χ3n) is 3.65. The van der Waals surface area contributed by atoms with Gasteiger partial charge in [0.05, 0.1) is 16.1 Å². The number of allylic oxidation sites excluding steroid dienone is 1. The highest BCUT2D eigenvalue weighted by molar-refractivity contribution is 6.42. The Labute approximate surface area is 157 Å². The summed E-state index contributed by atoms with van der Waals surface area (Å²) >= 11 is 11.9. The summed E-state index contributed by atoms with van der Waals surface area (Å²) in [4.78, 5) is 25.7. The molecule has 1 atom stereocenters. The van der Waals surface area contributed by atoms with Gasteiger partial charge in [0.25, 0.3) is 0 Å². The number of benzene rings is 1. The maximum absolute atomic E-state index is 12.3. The average Bonchev–Trinajstić information content (AvgIpc) is 2.63. The van der Waals surface area contributed by atoms with Crippen molar-refractivity contribution in [1.82, 2.24) is 15.5 Å². The van der Waals surface area contributed by atoms with Gasteiger partial charge < -0.3 is 15.5 Å². The van der Waals surface area contributed by atoms with Crippen molar-refractivity contribution in [2.75, 3.05) is 26.2 Å². The van der Waals surface area contributed by atoms with Gasteiger partial charge in [0.1, 0.15) is 0 Å². The zero-order valence-corrected chi connectivity index (χ0v) is 15.2. The van der Waals surface area contributed by atoms with E-state index in [1.54, 1.807) is 23.1 Å². The summed E-state index contributed by atoms with van der Waals surface area (Å²) in [6, 6.07) is 4.18. The summed E-state index contributed by atoms with van der Waals surface area (Å²) in [5, 5.41) is 6.83. The number of carbonyl (C=O) groups excluding carboxylic acids is 2. The lowest BCUT2D eigenvalue weighted by Gasteiger charge is -2.28. The molecule has 1 unspecified atom stereocenters. The number of hydrogen-bond acceptors (Lipinski definition) is 3. The summed E-state index contributed by atoms with van der Waals surface area (Å²) in [5.74, 6) is 5.66. The first-order valence-electron chi connectivity index (χ1n) is 7.87. The van der Waals surface area contributed by atoms with Gasteiger partial charge in [-0.2, -0.15) is 0 Å². The van der Waals surface area contributed by atoms with Crippen LogP contribution in [0.2, 0.25) is 10.0 Å². The van der Waals surface area contributed by atoms with Gasteiger partial charge in [0.2, 0.25) is 0 Å². The second-order valence-corrected chi connectivity index (χ2v) is 6.33. The van der Waals surface area contributed by atoms with Crippen molar-refractivity contribution in [3.63, 3.8) is 0 Å². The largest absolute Gasteiger partial charge is 0.324 e. The van der Waals surface area contributed by atoms with Crippen molar-refractivity contribution in [3.8, 4) is 11.8 Å². The minimum atomic E-state index is -0.609. The molecular weight excluding hydrogens is 361 g/mol. The van der Waals surface area contributed by atoms with Gasteiger partial charge >= 0.3 is 6.03 Å². The van der Waals surface area contributed by atoms with E-state index in [4.69, 9.17) is 23.2 Å². The van der Waals surface area contributed by atoms with Crippen molar-refractivity contribution in [1.29, 1.82) is 0 Å². The molecule has 132 valence electrons. The highest BCUT2D eigenvalue weighted by Gasteiger charge is 2.19. The van der Waals surface area contributed by atoms with Crippen LogP contribution < -0.4 is 10.6 Å². The monoisotopic (exact) mass is 379 g/mol. The molecule has 2 N–H and O–H groups in total. The smallest absolute Gasteiger partial charge is 0.318 e. The minimum Gasteiger partial charge on any atom is -0.324 e. The number of urea groups is 1. The van der Waals surface area contributed by atoms with Gasteiger partial charge in [-0.1, -0.05) is 41.6 Å². The van der Waals surface area contributed by atoms with Crippen LogP contribution >= 0.6 is 23.2 Å². The number of ketones is 1. The van der Waals surface area contributed by atoms with E-state index in [0.717, 1.165) is 13.1 Å². The highest BCUT2D eigenvalue weighted by Crippen LogP contribution is 2.22. The van der Waals surface area contributed by atoms with Crippen molar-refractivity contribution >= 4 is 35.0 Å². The Hall–Kier alpha value is -2.00. The molecule has 0 aliphatic carbocycles. The summed E-state index contributed by atoms with van der Waals surface area (Å²) in [6.45, 7) is 6.20. The van der Waals surface area contributed by atoms with E-state index < -0.39 is 6.04 Å². The van der Waals surface area contributed by atoms with Crippen LogP contribution in [-0.2, 0) is 4.79 Å². The number of rotatable bonds is 4. The zero-order valence-electron chi connectivity index (χ0n) is 13.6. The Morgan fingerprint density at radius 1 is 1.32 bits per heavy atom. The number of hydrogen-bond donors (Lipinski definition) is 2. The summed E-state index contributed by atoms with van der Waals surface area (Å²) in [5.41, 5.74) is 0.655. The number of amides is 2. The average molecular weight is 380 g/mol. The van der Waals surface area contributed by atoms with E-state index >= 15 is 0 Å². The van der Waals surface area contributed by atoms with Crippen molar-refractivity contribution in [3.05, 3.63) is 46.5 Å². The molecule has 0 bridgehead atoms. The maximum atomic E-state index is 12.3. The molecule has 0 spiro atoms. The van der Waals surface area contributed by atoms with E-state index in [0.29, 0.717) is 28.7 Å². The molecule has 1 aliphatic heterocycles. The van der Waals surface area contributed by atoms with E-state index in [1.165, 1.54) is 6.08 Å². The third kappa shape index (κ3) is 6.09. The number of halogens is 2. The SMILES string of the molecule is C=CC(=O)CC(C#Cc1ccc(Cl)c(Cl)c1)NC(=O)N1CCNCC1. The van der Waals surface area contributed by atoms with Crippen molar-refractivity contribution < 1.29 is 9.59 Å². The fraction of sp³-hybridized carbons (Fsp3) is 0.333. The molecule has 0 radical (unpaired) electrons. The molecule has 1 aromatic rings. The summed E-state index contributed by atoms with van der Waals surface area (Å²) in [7, 11) is 0. The van der Waals surface area contributed by atoms with E-state index in [9.17, 15) is 9.59 Å². The van der Waals surface area contributed by atoms with Gasteiger partial charge in [0.15, 0.2) is 5.78 Å². The van der Waals surface area contributed by atoms with Gasteiger partial charge in [-0.05, 0) is 24.3 Å². The molecule has 5 nitrogen and oxygen atoms in total. The molecule has 2 rings (SSSR count). The van der Waals surface area contributed by atoms with Gasteiger partial charge in [0, 0.05) is 38.2 Å². The number of piperazine rings is 1. The first kappa shape index (κ1) is 19.3. The predicted molar refractivity (Wildman–Crippen MR) is 99.9 cm³/mol. The van der Waals surface area contributed by atoms with Crippen molar-refractivity contribution in [2.24, 2.45) is 0 Å². The molecule has 7 heteroatoms. The third-order valence-corrected chi connectivity index (χ3v) is 4.38. The van der Waals surface area contributed by atoms with Crippen LogP contribution in [0.1, 0.15) is 12.0 Å². The van der Waals surface area contributed by atoms with Crippen LogP contribution in [0.3, 0.4) is 0 Å². The fourth-order valence-electron chi connectivity index (χ4n) is 2.28. The van der Waals surface area contributed by atoms with Crippen LogP contribution in [0.15, 0.2) is 30.9 Å². The fourth-order valence-corrected chi connectivity index (χ4v) is 2.57. The lowest BCUT2D eigenvalue weighted by molar-refractivity contribution is -0.114. The standard InChI is InChI=1S/C18H19Cl2N3O2/c1-2-15(24)12-14(22-18(25)23-9-7-21-8-10-23)5-3-13-4-6-16(19)17(20)11-13/h2,4,6,11,14,21H,1,7-10,12H2,(H,22,25). The molecule has 1 saturated heterocycles. The maximum Gasteiger partial charge on any atom is 0.318 e. The number of nitrogens with one attached hydrogen (secondary N) is 2. The van der Waals surface area contributed by atoms with E-state index in [1.807, 2.05) is 0 Å². The lowest BCUT2D eigenvalue weighted by atomic mass is 10.1. The van der Waals surface area contributed by atoms with Crippen LogP contribution in [0, 0.1) is 11.8 Å². The van der Waals surface area contributed by atoms with Gasteiger partial charge in [-0.25, -0.2) is 4.79 Å². The summed E-state index contributed by atoms with van der Waals surface area (Å²) in [6.07, 6.45) is 1.29. The molecule has 0 saturated carbocycles. The molecular formula is C18H19Cl2N3O2. The number of carbonyl (C=O) groups is 2. The molecule has 0 aromatic heterocycles. The normalized spacial score (nSPS) is 14.9. The van der Waals surface area contributed by atoms with Crippen molar-refractivity contribution in [2.45, 2.75) is 12.5 Å². The van der Waals surface area contributed by atoms with Crippen LogP contribution in [0.25, 0.3) is 0 Å². The Kier molecular flexibility index (Phi) is 7.32. The summed E-state index contributed by atoms with van der Waals surface area (Å²) < 4.78 is 0. The van der Waals surface area contributed by atoms with Crippen LogP contribution in [0.5, 0.6) is 0 Å². The molecule has 25 heavy (non-hydrogen) atoms. The predicted octanol–water partition coefficient (Wildman–Crippen LogP) is 2.47. The Morgan fingerprint density at radius 2 is 2.04 bits per heavy atom. The lowest BCUT2D eigenvalue weighted by Crippen LogP contribution is -2.52. The molecule has 1 aromatic carbocycles. The first-order valence-corrected chi connectivity index (χ1v) is 8.63. The van der Waals surface area contributed by atoms with Crippen LogP contribution in [-0.4, -0.2) is 48.9 Å². The molecule has 1 aliphatic rings. The van der Waals surface area contributed by atoms with E-state index in [2.05, 4.69) is 29.1 Å². The molecule has 1 heterocycles. The second kappa shape index (κ2) is 9.47. The van der Waals surface area contributed by atoms with Gasteiger partial charge in [-0.3, -0.25) is 4.79 Å². The minimum absolute atomic E-state index is 0.0651. The quantitative estimate of drug-likeness (QED) is 0.623. The Bertz CT molecular complexity index is 719. The number of nitrogens with zero attached hydrogens (tertiary/aromatic N) is 1. The Balaban J connectivity index is 2.10. The highest BCUT2D eigenvalue weighted by atomic mass is 35.5. The molecule has 2 amide bonds.